The van der Waals surface area contributed by atoms with Crippen LogP contribution in [0.25, 0.3) is 10.9 Å². The summed E-state index contributed by atoms with van der Waals surface area (Å²) in [6.45, 7) is 5.04. The minimum absolute atomic E-state index is 0.0227. The molecule has 2 fully saturated rings. The maximum Gasteiger partial charge on any atom is 0.341 e. The molecule has 81 heavy (non-hydrogen) atoms. The molecule has 0 atom stereocenters. The smallest absolute Gasteiger partial charge is 0.341 e. The highest BCUT2D eigenvalue weighted by Gasteiger charge is 2.35. The molecule has 24 nitrogen and oxygen atoms in total. The second kappa shape index (κ2) is 25.1. The van der Waals surface area contributed by atoms with E-state index >= 15 is 4.39 Å². The molecule has 5 heterocycles. The van der Waals surface area contributed by atoms with Crippen molar-refractivity contribution in [1.82, 2.24) is 44.4 Å². The number of anilines is 1. The molecule has 2 aliphatic rings. The number of nitrogens with one attached hydrogen (secondary N) is 4. The minimum Gasteiger partial charge on any atom is -0.503 e. The van der Waals surface area contributed by atoms with Crippen molar-refractivity contribution in [2.45, 2.75) is 123 Å². The number of carbonyl (C=O) groups is 6. The molecule has 0 radical (unpaired) electrons. The zero-order valence-electron chi connectivity index (χ0n) is 46.2. The Hall–Kier alpha value is -8.77. The Balaban J connectivity index is 1.06. The molecule has 5 aromatic rings. The van der Waals surface area contributed by atoms with Crippen molar-refractivity contribution in [3.05, 3.63) is 123 Å². The van der Waals surface area contributed by atoms with Gasteiger partial charge < -0.3 is 69.8 Å². The third-order valence-electron chi connectivity index (χ3n) is 15.6. The Morgan fingerprint density at radius 1 is 0.605 bits per heavy atom. The van der Waals surface area contributed by atoms with Crippen LogP contribution in [-0.4, -0.2) is 111 Å². The molecule has 0 bridgehead atoms. The van der Waals surface area contributed by atoms with E-state index in [-0.39, 0.29) is 144 Å². The summed E-state index contributed by atoms with van der Waals surface area (Å²) >= 11 is 0. The van der Waals surface area contributed by atoms with Crippen LogP contribution in [0.4, 0.5) is 10.1 Å². The normalized spacial score (nSPS) is 13.5. The van der Waals surface area contributed by atoms with Gasteiger partial charge in [0.2, 0.25) is 51.3 Å². The number of carbonyl (C=O) groups excluding carboxylic acids is 5. The summed E-state index contributed by atoms with van der Waals surface area (Å²) in [7, 11) is 4.81. The van der Waals surface area contributed by atoms with Crippen molar-refractivity contribution < 1.29 is 53.6 Å². The van der Waals surface area contributed by atoms with Crippen LogP contribution in [0.2, 0.25) is 0 Å². The SMILES string of the molecule is Cc1cc(=O)c(O)c(CNC(=O)CCC(CCC(=O)NCc2c(O)c(=O)cc(C)n2C)(CCC(=O)NCc2c(O)c(=O)cc(C)n2C)NC(=O)CCCC(=O)N2CCN(c3cc4c(cc3F)c(=O)c(C(=O)O)cn4C3CC3)CC2)n1C. The lowest BCUT2D eigenvalue weighted by Gasteiger charge is -2.36. The van der Waals surface area contributed by atoms with Crippen LogP contribution in [0.15, 0.2) is 55.7 Å². The number of aromatic hydroxyl groups is 3. The van der Waals surface area contributed by atoms with Gasteiger partial charge in [0.1, 0.15) is 11.4 Å². The van der Waals surface area contributed by atoms with Crippen molar-refractivity contribution in [3.8, 4) is 17.2 Å². The van der Waals surface area contributed by atoms with Crippen LogP contribution in [0, 0.1) is 26.6 Å². The van der Waals surface area contributed by atoms with Crippen LogP contribution in [0.3, 0.4) is 0 Å². The lowest BCUT2D eigenvalue weighted by atomic mass is 9.82. The first kappa shape index (κ1) is 59.9. The zero-order chi connectivity index (χ0) is 59.2. The monoisotopic (exact) mass is 1120 g/mol. The maximum absolute atomic E-state index is 15.7. The fraction of sp³-hybridized carbons (Fsp3) is 0.464. The third kappa shape index (κ3) is 14.0. The summed E-state index contributed by atoms with van der Waals surface area (Å²) in [4.78, 5) is 134. The molecule has 5 amide bonds. The molecule has 0 unspecified atom stereocenters. The van der Waals surface area contributed by atoms with E-state index in [4.69, 9.17) is 0 Å². The van der Waals surface area contributed by atoms with Gasteiger partial charge in [-0.1, -0.05) is 0 Å². The highest BCUT2D eigenvalue weighted by Crippen LogP contribution is 2.38. The number of aromatic nitrogens is 4. The number of hydrogen-bond donors (Lipinski definition) is 8. The fourth-order valence-corrected chi connectivity index (χ4v) is 10.2. The van der Waals surface area contributed by atoms with E-state index in [1.54, 1.807) is 62.3 Å². The standard InChI is InChI=1S/C56H69FN10O14/c1-31-22-43(68)52(77)40(62(31)4)27-58-46(71)12-15-56(16-13-47(72)59-28-41-53(78)44(69)23-32(2)63(41)5,17-14-48(73)60-29-42-54(79)45(70)24-33(3)64(42)6)61-49(74)8-7-9-50(75)66-20-18-65(19-21-66)39-26-38-35(25-37(39)57)51(76)36(55(80)81)30-67(38)34-10-11-34/h22-26,30,34,77-79H,7-21,27-29H2,1-6H3,(H,58,71)(H,59,72)(H,60,73)(H,61,74)(H,80,81). The molecular formula is C56H69FN10O14. The fourth-order valence-electron chi connectivity index (χ4n) is 10.2. The van der Waals surface area contributed by atoms with Crippen LogP contribution >= 0.6 is 0 Å². The van der Waals surface area contributed by atoms with Gasteiger partial charge in [-0.05, 0) is 71.4 Å². The maximum atomic E-state index is 15.7. The van der Waals surface area contributed by atoms with Crippen LogP contribution in [0.1, 0.15) is 121 Å². The largest absolute Gasteiger partial charge is 0.503 e. The van der Waals surface area contributed by atoms with E-state index in [0.717, 1.165) is 18.9 Å². The lowest BCUT2D eigenvalue weighted by molar-refractivity contribution is -0.132. The summed E-state index contributed by atoms with van der Waals surface area (Å²) in [5.74, 6) is -6.39. The highest BCUT2D eigenvalue weighted by molar-refractivity contribution is 5.94. The van der Waals surface area contributed by atoms with E-state index in [1.165, 1.54) is 38.1 Å². The van der Waals surface area contributed by atoms with E-state index < -0.39 is 85.5 Å². The number of benzene rings is 1. The molecule has 1 aliphatic heterocycles. The van der Waals surface area contributed by atoms with E-state index in [2.05, 4.69) is 21.3 Å². The predicted molar refractivity (Wildman–Crippen MR) is 294 cm³/mol. The number of aryl methyl sites for hydroxylation is 3. The summed E-state index contributed by atoms with van der Waals surface area (Å²) in [6.07, 6.45) is 1.23. The third-order valence-corrected chi connectivity index (χ3v) is 15.6. The number of fused-ring (bicyclic) bond motifs is 1. The first-order valence-corrected chi connectivity index (χ1v) is 26.7. The molecule has 434 valence electrons. The first-order valence-electron chi connectivity index (χ1n) is 26.7. The van der Waals surface area contributed by atoms with Gasteiger partial charge in [-0.15, -0.1) is 0 Å². The van der Waals surface area contributed by atoms with Gasteiger partial charge in [-0.25, -0.2) is 9.18 Å². The van der Waals surface area contributed by atoms with Crippen molar-refractivity contribution in [3.63, 3.8) is 0 Å². The summed E-state index contributed by atoms with van der Waals surface area (Å²) in [5.41, 5.74) is -2.09. The average Bonchev–Trinajstić information content (AvgIpc) is 4.49. The number of halogens is 1. The summed E-state index contributed by atoms with van der Waals surface area (Å²) < 4.78 is 22.0. The number of carboxylic acid groups (broad SMARTS) is 1. The molecule has 0 spiro atoms. The lowest BCUT2D eigenvalue weighted by Crippen LogP contribution is -2.50. The predicted octanol–water partition coefficient (Wildman–Crippen LogP) is 2.28. The number of pyridine rings is 4. The Morgan fingerprint density at radius 3 is 1.44 bits per heavy atom. The van der Waals surface area contributed by atoms with Crippen LogP contribution < -0.4 is 47.9 Å². The van der Waals surface area contributed by atoms with Gasteiger partial charge in [0.25, 0.3) is 0 Å². The van der Waals surface area contributed by atoms with Crippen molar-refractivity contribution >= 4 is 52.1 Å². The van der Waals surface area contributed by atoms with E-state index in [1.807, 2.05) is 0 Å². The van der Waals surface area contributed by atoms with Crippen LogP contribution in [0.5, 0.6) is 17.2 Å². The second-order valence-electron chi connectivity index (χ2n) is 21.0. The number of piperazine rings is 1. The molecule has 1 saturated carbocycles. The van der Waals surface area contributed by atoms with Gasteiger partial charge in [0.15, 0.2) is 17.2 Å². The van der Waals surface area contributed by atoms with E-state index in [9.17, 15) is 68.4 Å². The zero-order valence-corrected chi connectivity index (χ0v) is 46.2. The van der Waals surface area contributed by atoms with Crippen molar-refractivity contribution in [2.75, 3.05) is 31.1 Å². The molecule has 8 N–H and O–H groups in total. The Morgan fingerprint density at radius 2 is 1.04 bits per heavy atom. The first-order chi connectivity index (χ1) is 38.3. The van der Waals surface area contributed by atoms with Gasteiger partial charge in [0.05, 0.1) is 47.9 Å². The average molecular weight is 1130 g/mol. The molecular weight excluding hydrogens is 1060 g/mol. The van der Waals surface area contributed by atoms with Crippen LogP contribution in [-0.2, 0) is 64.7 Å². The van der Waals surface area contributed by atoms with Gasteiger partial charge in [0, 0.05) is 138 Å². The van der Waals surface area contributed by atoms with Gasteiger partial charge >= 0.3 is 5.97 Å². The minimum atomic E-state index is -1.48. The number of rotatable bonds is 23. The van der Waals surface area contributed by atoms with Crippen molar-refractivity contribution in [2.24, 2.45) is 21.1 Å². The summed E-state index contributed by atoms with van der Waals surface area (Å²) in [6, 6.07) is 6.31. The summed E-state index contributed by atoms with van der Waals surface area (Å²) in [5, 5.41) is 52.3. The molecule has 1 aliphatic carbocycles. The number of amides is 5. The number of carboxylic acids is 1. The van der Waals surface area contributed by atoms with Gasteiger partial charge in [-0.3, -0.25) is 43.2 Å². The molecule has 7 rings (SSSR count). The quantitative estimate of drug-likeness (QED) is 0.0465. The highest BCUT2D eigenvalue weighted by atomic mass is 19.1. The number of hydrogen-bond acceptors (Lipinski definition) is 14. The second-order valence-corrected chi connectivity index (χ2v) is 21.0. The Bertz CT molecular complexity index is 3350. The van der Waals surface area contributed by atoms with Gasteiger partial charge in [-0.2, -0.15) is 0 Å². The molecule has 1 saturated heterocycles. The molecule has 1 aromatic carbocycles. The topological polar surface area (TPSA) is 326 Å². The molecule has 4 aromatic heterocycles. The Labute approximate surface area is 463 Å². The van der Waals surface area contributed by atoms with E-state index in [0.29, 0.717) is 22.6 Å². The molecule has 25 heteroatoms. The number of aromatic carboxylic acids is 1. The Kier molecular flexibility index (Phi) is 18.6. The van der Waals surface area contributed by atoms with Crippen molar-refractivity contribution in [1.29, 1.82) is 0 Å². The number of nitrogens with zero attached hydrogens (tertiary/aromatic N) is 6.